The van der Waals surface area contributed by atoms with Gasteiger partial charge in [-0.25, -0.2) is 4.79 Å². The molecule has 13 heteroatoms. The van der Waals surface area contributed by atoms with Crippen LogP contribution in [0.15, 0.2) is 24.3 Å². The Labute approximate surface area is 199 Å². The number of alkyl halides is 6. The van der Waals surface area contributed by atoms with Gasteiger partial charge in [0, 0.05) is 51.3 Å². The van der Waals surface area contributed by atoms with Gasteiger partial charge >= 0.3 is 18.3 Å². The normalized spacial score (nSPS) is 14.1. The summed E-state index contributed by atoms with van der Waals surface area (Å²) in [6, 6.07) is 4.25. The largest absolute Gasteiger partial charge is 0.490 e. The molecular formula is C22H29F6N3O4. The number of piperazine rings is 1. The molecule has 0 bridgehead atoms. The highest BCUT2D eigenvalue weighted by Crippen LogP contribution is 2.29. The van der Waals surface area contributed by atoms with Gasteiger partial charge in [-0.05, 0) is 30.7 Å². The van der Waals surface area contributed by atoms with Crippen molar-refractivity contribution >= 4 is 17.8 Å². The van der Waals surface area contributed by atoms with Crippen LogP contribution in [0, 0.1) is 0 Å². The molecule has 0 aliphatic carbocycles. The number of hydrogen-bond acceptors (Lipinski definition) is 4. The first kappa shape index (κ1) is 30.2. The maximum absolute atomic E-state index is 12.8. The molecule has 1 fully saturated rings. The van der Waals surface area contributed by atoms with Crippen molar-refractivity contribution < 1.29 is 45.8 Å². The number of carbonyl (C=O) groups excluding carboxylic acids is 2. The van der Waals surface area contributed by atoms with Gasteiger partial charge in [-0.15, -0.1) is 0 Å². The minimum atomic E-state index is -5.08. The number of unbranched alkanes of at least 4 members (excludes halogenated alkanes) is 2. The van der Waals surface area contributed by atoms with Gasteiger partial charge in [-0.3, -0.25) is 9.59 Å². The molecule has 1 aromatic rings. The third kappa shape index (κ3) is 11.0. The Hall–Kier alpha value is -2.83. The van der Waals surface area contributed by atoms with E-state index in [4.69, 9.17) is 9.90 Å². The van der Waals surface area contributed by atoms with E-state index in [1.165, 1.54) is 12.1 Å². The second-order valence-electron chi connectivity index (χ2n) is 7.76. The van der Waals surface area contributed by atoms with E-state index < -0.39 is 23.9 Å². The van der Waals surface area contributed by atoms with E-state index in [2.05, 4.69) is 12.2 Å². The van der Waals surface area contributed by atoms with E-state index in [0.29, 0.717) is 19.6 Å². The highest BCUT2D eigenvalue weighted by Gasteiger charge is 2.38. The van der Waals surface area contributed by atoms with Gasteiger partial charge in [0.25, 0.3) is 5.91 Å². The Bertz CT molecular complexity index is 822. The van der Waals surface area contributed by atoms with Gasteiger partial charge in [0.2, 0.25) is 5.91 Å². The molecule has 2 amide bonds. The summed E-state index contributed by atoms with van der Waals surface area (Å²) in [5.41, 5.74) is -0.574. The molecule has 7 nitrogen and oxygen atoms in total. The predicted octanol–water partition coefficient (Wildman–Crippen LogP) is 3.79. The maximum atomic E-state index is 12.8. The molecule has 0 saturated carbocycles. The maximum Gasteiger partial charge on any atom is 0.490 e. The van der Waals surface area contributed by atoms with Crippen LogP contribution in [0.3, 0.4) is 0 Å². The molecule has 198 valence electrons. The lowest BCUT2D eigenvalue weighted by atomic mass is 10.1. The summed E-state index contributed by atoms with van der Waals surface area (Å²) < 4.78 is 69.9. The van der Waals surface area contributed by atoms with Crippen LogP contribution >= 0.6 is 0 Å². The Morgan fingerprint density at radius 1 is 0.971 bits per heavy atom. The zero-order valence-corrected chi connectivity index (χ0v) is 19.2. The topological polar surface area (TPSA) is 90.0 Å². The highest BCUT2D eigenvalue weighted by atomic mass is 19.4. The molecule has 1 heterocycles. The summed E-state index contributed by atoms with van der Waals surface area (Å²) in [5, 5.41) is 10.3. The number of hydrogen-bond donors (Lipinski definition) is 2. The second kappa shape index (κ2) is 13.9. The van der Waals surface area contributed by atoms with Crippen LogP contribution in [0.2, 0.25) is 0 Å². The number of benzene rings is 1. The van der Waals surface area contributed by atoms with Crippen molar-refractivity contribution in [3.8, 4) is 0 Å². The van der Waals surface area contributed by atoms with Crippen molar-refractivity contribution in [2.45, 2.75) is 45.0 Å². The van der Waals surface area contributed by atoms with Gasteiger partial charge in [0.15, 0.2) is 0 Å². The van der Waals surface area contributed by atoms with E-state index in [1.54, 1.807) is 9.80 Å². The molecule has 35 heavy (non-hydrogen) atoms. The van der Waals surface area contributed by atoms with Crippen molar-refractivity contribution in [3.63, 3.8) is 0 Å². The van der Waals surface area contributed by atoms with Crippen LogP contribution in [0.25, 0.3) is 0 Å². The van der Waals surface area contributed by atoms with Crippen LogP contribution in [-0.4, -0.2) is 78.1 Å². The van der Waals surface area contributed by atoms with Crippen LogP contribution in [0.4, 0.5) is 26.3 Å². The summed E-state index contributed by atoms with van der Waals surface area (Å²) in [6.07, 6.45) is -6.56. The summed E-state index contributed by atoms with van der Waals surface area (Å²) >= 11 is 0. The Balaban J connectivity index is 0.000000762. The quantitative estimate of drug-likeness (QED) is 0.408. The lowest BCUT2D eigenvalue weighted by Gasteiger charge is -2.29. The molecule has 1 aromatic carbocycles. The summed E-state index contributed by atoms with van der Waals surface area (Å²) in [5.74, 6) is -3.09. The van der Waals surface area contributed by atoms with Crippen LogP contribution in [0.5, 0.6) is 0 Å². The number of nitrogens with one attached hydrogen (secondary N) is 1. The average Bonchev–Trinajstić information content (AvgIpc) is 2.80. The summed E-state index contributed by atoms with van der Waals surface area (Å²) in [6.45, 7) is 5.64. The fourth-order valence-corrected chi connectivity index (χ4v) is 3.15. The molecule has 1 aliphatic heterocycles. The van der Waals surface area contributed by atoms with Crippen molar-refractivity contribution in [1.82, 2.24) is 15.1 Å². The first-order chi connectivity index (χ1) is 16.3. The molecule has 0 spiro atoms. The molecule has 1 saturated heterocycles. The number of rotatable bonds is 8. The number of nitrogens with zero attached hydrogens (tertiary/aromatic N) is 2. The van der Waals surface area contributed by atoms with Crippen molar-refractivity contribution in [2.24, 2.45) is 0 Å². The lowest BCUT2D eigenvalue weighted by molar-refractivity contribution is -0.192. The predicted molar refractivity (Wildman–Crippen MR) is 115 cm³/mol. The van der Waals surface area contributed by atoms with Crippen LogP contribution < -0.4 is 5.32 Å². The zero-order chi connectivity index (χ0) is 26.6. The van der Waals surface area contributed by atoms with Crippen LogP contribution in [-0.2, 0) is 15.8 Å². The van der Waals surface area contributed by atoms with E-state index in [1.807, 2.05) is 0 Å². The SMILES string of the molecule is CCCCCN(CCC(=O)N1CCNCC1)C(=O)c1ccc(C(F)(F)F)cc1.O=C(O)C(F)(F)F. The molecule has 2 rings (SSSR count). The van der Waals surface area contributed by atoms with Crippen molar-refractivity contribution in [3.05, 3.63) is 35.4 Å². The Kier molecular flexibility index (Phi) is 12.0. The fourth-order valence-electron chi connectivity index (χ4n) is 3.15. The number of halogens is 6. The van der Waals surface area contributed by atoms with E-state index in [0.717, 1.165) is 44.5 Å². The summed E-state index contributed by atoms with van der Waals surface area (Å²) in [4.78, 5) is 37.4. The third-order valence-electron chi connectivity index (χ3n) is 5.09. The van der Waals surface area contributed by atoms with Gasteiger partial charge in [0.05, 0.1) is 5.56 Å². The summed E-state index contributed by atoms with van der Waals surface area (Å²) in [7, 11) is 0. The van der Waals surface area contributed by atoms with E-state index >= 15 is 0 Å². The highest BCUT2D eigenvalue weighted by molar-refractivity contribution is 5.94. The van der Waals surface area contributed by atoms with Gasteiger partial charge in [0.1, 0.15) is 0 Å². The molecule has 0 unspecified atom stereocenters. The molecule has 2 N–H and O–H groups in total. The number of amides is 2. The smallest absolute Gasteiger partial charge is 0.475 e. The monoisotopic (exact) mass is 513 g/mol. The lowest BCUT2D eigenvalue weighted by Crippen LogP contribution is -2.47. The van der Waals surface area contributed by atoms with Crippen LogP contribution in [0.1, 0.15) is 48.5 Å². The van der Waals surface area contributed by atoms with E-state index in [-0.39, 0.29) is 30.3 Å². The minimum absolute atomic E-state index is 0.00205. The minimum Gasteiger partial charge on any atom is -0.475 e. The number of aliphatic carboxylic acids is 1. The van der Waals surface area contributed by atoms with Crippen molar-refractivity contribution in [2.75, 3.05) is 39.3 Å². The fraction of sp³-hybridized carbons (Fsp3) is 0.591. The number of carboxylic acid groups (broad SMARTS) is 1. The average molecular weight is 513 g/mol. The number of carbonyl (C=O) groups is 3. The number of carboxylic acids is 1. The molecule has 1 aliphatic rings. The van der Waals surface area contributed by atoms with Gasteiger partial charge in [-0.1, -0.05) is 19.8 Å². The van der Waals surface area contributed by atoms with Crippen molar-refractivity contribution in [1.29, 1.82) is 0 Å². The molecule has 0 aromatic heterocycles. The second-order valence-corrected chi connectivity index (χ2v) is 7.76. The van der Waals surface area contributed by atoms with E-state index in [9.17, 15) is 35.9 Å². The third-order valence-corrected chi connectivity index (χ3v) is 5.09. The standard InChI is InChI=1S/C20H28F3N3O2.C2HF3O2/c1-2-3-4-12-26(13-9-18(27)25-14-10-24-11-15-25)19(28)16-5-7-17(8-6-16)20(21,22)23;3-2(4,5)1(6)7/h5-8,24H,2-4,9-15H2,1H3;(H,6,7). The van der Waals surface area contributed by atoms with Gasteiger partial charge < -0.3 is 20.2 Å². The Morgan fingerprint density at radius 2 is 1.51 bits per heavy atom. The first-order valence-electron chi connectivity index (χ1n) is 11.0. The first-order valence-corrected chi connectivity index (χ1v) is 11.0. The zero-order valence-electron chi connectivity index (χ0n) is 19.2. The Morgan fingerprint density at radius 3 is 1.97 bits per heavy atom. The molecule has 0 radical (unpaired) electrons. The van der Waals surface area contributed by atoms with Gasteiger partial charge in [-0.2, -0.15) is 26.3 Å². The molecular weight excluding hydrogens is 484 g/mol. The molecule has 0 atom stereocenters.